The van der Waals surface area contributed by atoms with Crippen LogP contribution in [0.15, 0.2) is 61.2 Å². The van der Waals surface area contributed by atoms with E-state index in [0.717, 1.165) is 37.7 Å². The van der Waals surface area contributed by atoms with Crippen molar-refractivity contribution in [2.75, 3.05) is 19.0 Å². The first-order chi connectivity index (χ1) is 14.1. The first-order valence-electron chi connectivity index (χ1n) is 10.0. The van der Waals surface area contributed by atoms with E-state index in [1.165, 1.54) is 0 Å². The lowest BCUT2D eigenvalue weighted by molar-refractivity contribution is -0.127. The number of carbonyl (C=O) groups excluding carboxylic acids is 2. The smallest absolute Gasteiger partial charge is 0.259 e. The normalized spacial score (nSPS) is 15.2. The fourth-order valence-electron chi connectivity index (χ4n) is 4.04. The molecule has 1 saturated carbocycles. The van der Waals surface area contributed by atoms with E-state index in [1.54, 1.807) is 31.4 Å². The fraction of sp³-hybridized carbons (Fsp3) is 0.333. The Labute approximate surface area is 172 Å². The molecular weight excluding hydrogens is 364 g/mol. The molecule has 5 nitrogen and oxygen atoms in total. The van der Waals surface area contributed by atoms with E-state index in [4.69, 9.17) is 4.74 Å². The van der Waals surface area contributed by atoms with Crippen LogP contribution in [-0.2, 0) is 10.2 Å². The lowest BCUT2D eigenvalue weighted by Gasteiger charge is -2.36. The summed E-state index contributed by atoms with van der Waals surface area (Å²) in [6, 6.07) is 14.7. The molecule has 0 heterocycles. The zero-order chi connectivity index (χ0) is 20.7. The lowest BCUT2D eigenvalue weighted by atomic mass is 9.68. The van der Waals surface area contributed by atoms with Crippen LogP contribution in [0.5, 0.6) is 5.75 Å². The summed E-state index contributed by atoms with van der Waals surface area (Å²) in [5.74, 6) is 0.357. The number of ether oxygens (including phenoxy) is 1. The molecule has 5 heteroatoms. The molecular formula is C24H28N2O3. The Kier molecular flexibility index (Phi) is 6.70. The van der Waals surface area contributed by atoms with Gasteiger partial charge in [-0.25, -0.2) is 0 Å². The maximum absolute atomic E-state index is 13.0. The topological polar surface area (TPSA) is 67.4 Å². The van der Waals surface area contributed by atoms with E-state index < -0.39 is 5.41 Å². The van der Waals surface area contributed by atoms with Crippen LogP contribution in [0.4, 0.5) is 5.69 Å². The van der Waals surface area contributed by atoms with Crippen LogP contribution in [0.3, 0.4) is 0 Å². The van der Waals surface area contributed by atoms with Gasteiger partial charge in [0.25, 0.3) is 5.91 Å². The lowest BCUT2D eigenvalue weighted by Crippen LogP contribution is -2.45. The van der Waals surface area contributed by atoms with Gasteiger partial charge < -0.3 is 15.4 Å². The molecule has 0 atom stereocenters. The molecule has 0 bridgehead atoms. The summed E-state index contributed by atoms with van der Waals surface area (Å²) in [4.78, 5) is 25.6. The minimum atomic E-state index is -0.507. The number of anilines is 1. The largest absolute Gasteiger partial charge is 0.496 e. The highest BCUT2D eigenvalue weighted by atomic mass is 16.5. The van der Waals surface area contributed by atoms with Crippen LogP contribution in [0, 0.1) is 0 Å². The Morgan fingerprint density at radius 2 is 1.76 bits per heavy atom. The molecule has 3 rings (SSSR count). The highest BCUT2D eigenvalue weighted by Crippen LogP contribution is 2.40. The number of benzene rings is 2. The fourth-order valence-corrected chi connectivity index (χ4v) is 4.04. The van der Waals surface area contributed by atoms with E-state index in [-0.39, 0.29) is 11.8 Å². The van der Waals surface area contributed by atoms with Gasteiger partial charge in [-0.15, -0.1) is 6.58 Å². The first kappa shape index (κ1) is 20.6. The number of carbonyl (C=O) groups is 2. The third kappa shape index (κ3) is 4.50. The summed E-state index contributed by atoms with van der Waals surface area (Å²) in [6.45, 7) is 4.15. The minimum Gasteiger partial charge on any atom is -0.496 e. The second-order valence-electron chi connectivity index (χ2n) is 7.37. The Hall–Kier alpha value is -3.08. The van der Waals surface area contributed by atoms with E-state index in [1.807, 2.05) is 30.3 Å². The number of rotatable bonds is 7. The highest BCUT2D eigenvalue weighted by Gasteiger charge is 2.40. The van der Waals surface area contributed by atoms with Crippen molar-refractivity contribution in [3.8, 4) is 5.75 Å². The SMILES string of the molecule is C=CCNC(=O)C1(c2ccc(NC(=O)c3ccccc3OC)cc2)CCCCC1. The molecule has 152 valence electrons. The zero-order valence-electron chi connectivity index (χ0n) is 16.9. The van der Waals surface area contributed by atoms with Crippen LogP contribution in [-0.4, -0.2) is 25.5 Å². The molecule has 0 spiro atoms. The van der Waals surface area contributed by atoms with Crippen molar-refractivity contribution < 1.29 is 14.3 Å². The number of hydrogen-bond acceptors (Lipinski definition) is 3. The number of amides is 2. The van der Waals surface area contributed by atoms with Gasteiger partial charge in [0.2, 0.25) is 5.91 Å². The van der Waals surface area contributed by atoms with Gasteiger partial charge in [0.05, 0.1) is 18.1 Å². The molecule has 2 aromatic carbocycles. The van der Waals surface area contributed by atoms with E-state index >= 15 is 0 Å². The van der Waals surface area contributed by atoms with Crippen molar-refractivity contribution in [1.82, 2.24) is 5.32 Å². The third-order valence-corrected chi connectivity index (χ3v) is 5.60. The van der Waals surface area contributed by atoms with Gasteiger partial charge in [-0.3, -0.25) is 9.59 Å². The summed E-state index contributed by atoms with van der Waals surface area (Å²) in [7, 11) is 1.54. The summed E-state index contributed by atoms with van der Waals surface area (Å²) < 4.78 is 5.26. The minimum absolute atomic E-state index is 0.0582. The van der Waals surface area contributed by atoms with Gasteiger partial charge in [-0.1, -0.05) is 49.6 Å². The number of nitrogens with one attached hydrogen (secondary N) is 2. The summed E-state index contributed by atoms with van der Waals surface area (Å²) in [6.07, 6.45) is 6.60. The van der Waals surface area contributed by atoms with Crippen molar-refractivity contribution in [1.29, 1.82) is 0 Å². The van der Waals surface area contributed by atoms with Crippen molar-refractivity contribution in [3.63, 3.8) is 0 Å². The second-order valence-corrected chi connectivity index (χ2v) is 7.37. The maximum atomic E-state index is 13.0. The molecule has 2 N–H and O–H groups in total. The van der Waals surface area contributed by atoms with Crippen LogP contribution in [0.25, 0.3) is 0 Å². The van der Waals surface area contributed by atoms with E-state index in [0.29, 0.717) is 23.5 Å². The number of methoxy groups -OCH3 is 1. The maximum Gasteiger partial charge on any atom is 0.259 e. The Morgan fingerprint density at radius 1 is 1.07 bits per heavy atom. The standard InChI is InChI=1S/C24H28N2O3/c1-3-17-25-23(28)24(15-7-4-8-16-24)18-11-13-19(14-12-18)26-22(27)20-9-5-6-10-21(20)29-2/h3,5-6,9-14H,1,4,7-8,15-17H2,2H3,(H,25,28)(H,26,27). The average molecular weight is 392 g/mol. The van der Waals surface area contributed by atoms with Crippen molar-refractivity contribution in [2.45, 2.75) is 37.5 Å². The molecule has 1 aliphatic carbocycles. The molecule has 0 radical (unpaired) electrons. The average Bonchev–Trinajstić information content (AvgIpc) is 2.78. The number of para-hydroxylation sites is 1. The molecule has 1 fully saturated rings. The van der Waals surface area contributed by atoms with Gasteiger partial charge >= 0.3 is 0 Å². The Morgan fingerprint density at radius 3 is 2.41 bits per heavy atom. The molecule has 1 aliphatic rings. The summed E-state index contributed by atoms with van der Waals surface area (Å²) in [5, 5.41) is 5.89. The van der Waals surface area contributed by atoms with Crippen molar-refractivity contribution in [2.24, 2.45) is 0 Å². The molecule has 0 saturated heterocycles. The van der Waals surface area contributed by atoms with Crippen LogP contribution in [0.2, 0.25) is 0 Å². The monoisotopic (exact) mass is 392 g/mol. The third-order valence-electron chi connectivity index (χ3n) is 5.60. The Balaban J connectivity index is 1.79. The van der Waals surface area contributed by atoms with Gasteiger partial charge in [0.1, 0.15) is 5.75 Å². The van der Waals surface area contributed by atoms with Crippen LogP contribution < -0.4 is 15.4 Å². The molecule has 2 amide bonds. The molecule has 0 aromatic heterocycles. The van der Waals surface area contributed by atoms with E-state index in [2.05, 4.69) is 17.2 Å². The first-order valence-corrected chi connectivity index (χ1v) is 10.0. The van der Waals surface area contributed by atoms with Gasteiger partial charge in [-0.05, 0) is 42.7 Å². The summed E-state index contributed by atoms with van der Waals surface area (Å²) in [5.41, 5.74) is 1.65. The Bertz CT molecular complexity index is 868. The van der Waals surface area contributed by atoms with E-state index in [9.17, 15) is 9.59 Å². The molecule has 0 unspecified atom stereocenters. The quantitative estimate of drug-likeness (QED) is 0.684. The van der Waals surface area contributed by atoms with Crippen LogP contribution in [0.1, 0.15) is 48.0 Å². The van der Waals surface area contributed by atoms with Crippen molar-refractivity contribution >= 4 is 17.5 Å². The molecule has 29 heavy (non-hydrogen) atoms. The highest BCUT2D eigenvalue weighted by molar-refractivity contribution is 6.06. The van der Waals surface area contributed by atoms with Crippen LogP contribution >= 0.6 is 0 Å². The summed E-state index contributed by atoms with van der Waals surface area (Å²) >= 11 is 0. The second kappa shape index (κ2) is 9.41. The number of hydrogen-bond donors (Lipinski definition) is 2. The zero-order valence-corrected chi connectivity index (χ0v) is 16.9. The molecule has 2 aromatic rings. The molecule has 0 aliphatic heterocycles. The van der Waals surface area contributed by atoms with Gasteiger partial charge in [0.15, 0.2) is 0 Å². The van der Waals surface area contributed by atoms with Gasteiger partial charge in [-0.2, -0.15) is 0 Å². The van der Waals surface area contributed by atoms with Gasteiger partial charge in [0, 0.05) is 12.2 Å². The van der Waals surface area contributed by atoms with Crippen molar-refractivity contribution in [3.05, 3.63) is 72.3 Å². The predicted molar refractivity (Wildman–Crippen MR) is 115 cm³/mol. The predicted octanol–water partition coefficient (Wildman–Crippen LogP) is 4.45.